The number of morpholine rings is 1. The maximum absolute atomic E-state index is 13.4. The van der Waals surface area contributed by atoms with Crippen molar-refractivity contribution in [3.63, 3.8) is 0 Å². The van der Waals surface area contributed by atoms with Crippen LogP contribution in [0.1, 0.15) is 24.0 Å². The minimum atomic E-state index is -3.73. The molecular weight excluding hydrogens is 495 g/mol. The van der Waals surface area contributed by atoms with Gasteiger partial charge >= 0.3 is 0 Å². The smallest absolute Gasteiger partial charge is 0.259 e. The molecular formula is C19H22ClFN6O4S2. The SMILES string of the molecule is CC(F)c1nnc(-c2cnc(CN(c3cncc(Cl)c3)S(=O)(=O)CCN3CCOCC3)s2)o1. The third-order valence-corrected chi connectivity index (χ3v) is 7.79. The summed E-state index contributed by atoms with van der Waals surface area (Å²) in [6.45, 7) is 4.20. The lowest BCUT2D eigenvalue weighted by Crippen LogP contribution is -2.42. The van der Waals surface area contributed by atoms with Crippen molar-refractivity contribution in [3.8, 4) is 10.8 Å². The first kappa shape index (κ1) is 24.0. The zero-order chi connectivity index (χ0) is 23.4. The van der Waals surface area contributed by atoms with E-state index in [1.165, 1.54) is 41.2 Å². The fourth-order valence-electron chi connectivity index (χ4n) is 3.17. The second-order valence-corrected chi connectivity index (χ2v) is 10.9. The average Bonchev–Trinajstić information content (AvgIpc) is 3.46. The molecule has 1 aliphatic rings. The van der Waals surface area contributed by atoms with E-state index < -0.39 is 16.2 Å². The summed E-state index contributed by atoms with van der Waals surface area (Å²) in [7, 11) is -3.73. The van der Waals surface area contributed by atoms with Crippen molar-refractivity contribution in [1.29, 1.82) is 0 Å². The zero-order valence-corrected chi connectivity index (χ0v) is 20.1. The molecule has 33 heavy (non-hydrogen) atoms. The van der Waals surface area contributed by atoms with Gasteiger partial charge in [0, 0.05) is 25.8 Å². The maximum Gasteiger partial charge on any atom is 0.259 e. The second-order valence-electron chi connectivity index (χ2n) is 7.32. The van der Waals surface area contributed by atoms with Gasteiger partial charge in [0.2, 0.25) is 10.0 Å². The van der Waals surface area contributed by atoms with E-state index in [2.05, 4.69) is 25.1 Å². The van der Waals surface area contributed by atoms with Crippen molar-refractivity contribution in [2.45, 2.75) is 19.6 Å². The lowest BCUT2D eigenvalue weighted by atomic mass is 10.4. The standard InChI is InChI=1S/C19H22ClFN6O4S2/c1-13(21)18-24-25-19(31-18)16-11-23-17(32-16)12-27(15-8-14(20)9-22-10-15)33(28,29)7-4-26-2-5-30-6-3-26/h8-11,13H,2-7,12H2,1H3. The fraction of sp³-hybridized carbons (Fsp3) is 0.474. The first-order valence-electron chi connectivity index (χ1n) is 10.2. The van der Waals surface area contributed by atoms with Crippen LogP contribution >= 0.6 is 22.9 Å². The molecule has 178 valence electrons. The zero-order valence-electron chi connectivity index (χ0n) is 17.7. The summed E-state index contributed by atoms with van der Waals surface area (Å²) < 4.78 is 52.0. The van der Waals surface area contributed by atoms with Gasteiger partial charge in [-0.25, -0.2) is 17.8 Å². The Morgan fingerprint density at radius 1 is 1.27 bits per heavy atom. The number of hydrogen-bond donors (Lipinski definition) is 0. The van der Waals surface area contributed by atoms with E-state index in [-0.39, 0.29) is 24.1 Å². The quantitative estimate of drug-likeness (QED) is 0.423. The van der Waals surface area contributed by atoms with E-state index in [0.29, 0.717) is 53.4 Å². The Labute approximate surface area is 199 Å². The van der Waals surface area contributed by atoms with Crippen LogP contribution in [0.5, 0.6) is 0 Å². The third kappa shape index (κ3) is 6.03. The van der Waals surface area contributed by atoms with Crippen LogP contribution in [0.25, 0.3) is 10.8 Å². The highest BCUT2D eigenvalue weighted by molar-refractivity contribution is 7.92. The van der Waals surface area contributed by atoms with Crippen LogP contribution < -0.4 is 4.31 Å². The molecule has 1 unspecified atom stereocenters. The second kappa shape index (κ2) is 10.4. The van der Waals surface area contributed by atoms with Gasteiger partial charge in [-0.3, -0.25) is 14.2 Å². The number of aromatic nitrogens is 4. The summed E-state index contributed by atoms with van der Waals surface area (Å²) in [6, 6.07) is 1.54. The van der Waals surface area contributed by atoms with Gasteiger partial charge in [-0.05, 0) is 13.0 Å². The van der Waals surface area contributed by atoms with Gasteiger partial charge in [-0.1, -0.05) is 11.6 Å². The van der Waals surface area contributed by atoms with Crippen LogP contribution in [-0.2, 0) is 21.3 Å². The number of nitrogens with zero attached hydrogens (tertiary/aromatic N) is 6. The highest BCUT2D eigenvalue weighted by Gasteiger charge is 2.26. The molecule has 1 saturated heterocycles. The highest BCUT2D eigenvalue weighted by Crippen LogP contribution is 2.30. The van der Waals surface area contributed by atoms with Gasteiger partial charge in [-0.15, -0.1) is 21.5 Å². The number of halogens is 2. The van der Waals surface area contributed by atoms with Crippen LogP contribution in [-0.4, -0.2) is 72.1 Å². The Morgan fingerprint density at radius 3 is 2.76 bits per heavy atom. The van der Waals surface area contributed by atoms with Crippen molar-refractivity contribution >= 4 is 38.6 Å². The van der Waals surface area contributed by atoms with Gasteiger partial charge < -0.3 is 9.15 Å². The Hall–Kier alpha value is -2.19. The third-order valence-electron chi connectivity index (χ3n) is 4.91. The molecule has 0 aliphatic carbocycles. The van der Waals surface area contributed by atoms with Gasteiger partial charge in [0.25, 0.3) is 11.8 Å². The molecule has 3 aromatic rings. The summed E-state index contributed by atoms with van der Waals surface area (Å²) in [4.78, 5) is 10.9. The highest BCUT2D eigenvalue weighted by atomic mass is 35.5. The maximum atomic E-state index is 13.4. The lowest BCUT2D eigenvalue weighted by molar-refractivity contribution is 0.0408. The predicted octanol–water partition coefficient (Wildman–Crippen LogP) is 2.94. The Kier molecular flexibility index (Phi) is 7.54. The molecule has 10 nitrogen and oxygen atoms in total. The van der Waals surface area contributed by atoms with Gasteiger partial charge in [-0.2, -0.15) is 0 Å². The van der Waals surface area contributed by atoms with Crippen molar-refractivity contribution in [1.82, 2.24) is 25.1 Å². The summed E-state index contributed by atoms with van der Waals surface area (Å²) >= 11 is 7.26. The number of ether oxygens (including phenoxy) is 1. The minimum Gasteiger partial charge on any atom is -0.417 e. The van der Waals surface area contributed by atoms with E-state index >= 15 is 0 Å². The molecule has 0 radical (unpaired) electrons. The predicted molar refractivity (Wildman–Crippen MR) is 121 cm³/mol. The van der Waals surface area contributed by atoms with Gasteiger partial charge in [0.05, 0.1) is 48.6 Å². The molecule has 0 amide bonds. The topological polar surface area (TPSA) is 115 Å². The molecule has 1 aliphatic heterocycles. The molecule has 14 heteroatoms. The first-order valence-corrected chi connectivity index (χ1v) is 13.0. The fourth-order valence-corrected chi connectivity index (χ4v) is 5.69. The van der Waals surface area contributed by atoms with E-state index in [1.54, 1.807) is 6.07 Å². The molecule has 4 rings (SSSR count). The largest absolute Gasteiger partial charge is 0.417 e. The Morgan fingerprint density at radius 2 is 2.06 bits per heavy atom. The monoisotopic (exact) mass is 516 g/mol. The molecule has 0 N–H and O–H groups in total. The van der Waals surface area contributed by atoms with Crippen molar-refractivity contribution in [3.05, 3.63) is 40.6 Å². The molecule has 0 aromatic carbocycles. The Bertz CT molecular complexity index is 1180. The number of alkyl halides is 1. The summed E-state index contributed by atoms with van der Waals surface area (Å²) in [5, 5.41) is 8.32. The van der Waals surface area contributed by atoms with E-state index in [0.717, 1.165) is 0 Å². The van der Waals surface area contributed by atoms with Crippen LogP contribution in [0.3, 0.4) is 0 Å². The van der Waals surface area contributed by atoms with Crippen LogP contribution in [0.4, 0.5) is 10.1 Å². The minimum absolute atomic E-state index is 0.0291. The Balaban J connectivity index is 1.55. The van der Waals surface area contributed by atoms with Gasteiger partial charge in [0.1, 0.15) is 9.88 Å². The molecule has 0 spiro atoms. The number of pyridine rings is 1. The van der Waals surface area contributed by atoms with Crippen molar-refractivity contribution in [2.24, 2.45) is 0 Å². The number of hydrogen-bond acceptors (Lipinski definition) is 10. The van der Waals surface area contributed by atoms with Crippen LogP contribution in [0.15, 0.2) is 29.1 Å². The van der Waals surface area contributed by atoms with Gasteiger partial charge in [0.15, 0.2) is 6.17 Å². The van der Waals surface area contributed by atoms with Crippen LogP contribution in [0.2, 0.25) is 5.02 Å². The van der Waals surface area contributed by atoms with E-state index in [9.17, 15) is 12.8 Å². The first-order chi connectivity index (χ1) is 15.8. The van der Waals surface area contributed by atoms with Crippen molar-refractivity contribution in [2.75, 3.05) is 42.9 Å². The summed E-state index contributed by atoms with van der Waals surface area (Å²) in [6.07, 6.45) is 2.99. The molecule has 1 fully saturated rings. The number of rotatable bonds is 9. The molecule has 1 atom stereocenters. The van der Waals surface area contributed by atoms with Crippen LogP contribution in [0, 0.1) is 0 Å². The number of anilines is 1. The van der Waals surface area contributed by atoms with Crippen molar-refractivity contribution < 1.29 is 22.0 Å². The molecule has 4 heterocycles. The van der Waals surface area contributed by atoms with E-state index in [1.807, 2.05) is 0 Å². The number of thiazole rings is 1. The molecule has 0 saturated carbocycles. The normalized spacial score (nSPS) is 16.1. The summed E-state index contributed by atoms with van der Waals surface area (Å²) in [5.74, 6) is -0.0826. The summed E-state index contributed by atoms with van der Waals surface area (Å²) in [5.41, 5.74) is 0.340. The molecule has 3 aromatic heterocycles. The lowest BCUT2D eigenvalue weighted by Gasteiger charge is -2.28. The number of sulfonamides is 1. The molecule has 0 bridgehead atoms. The van der Waals surface area contributed by atoms with E-state index in [4.69, 9.17) is 20.8 Å². The average molecular weight is 517 g/mol.